The summed E-state index contributed by atoms with van der Waals surface area (Å²) in [5.41, 5.74) is 10.8. The van der Waals surface area contributed by atoms with Gasteiger partial charge in [-0.15, -0.1) is 0 Å². The van der Waals surface area contributed by atoms with E-state index in [1.807, 2.05) is 13.8 Å². The summed E-state index contributed by atoms with van der Waals surface area (Å²) in [6.45, 7) is 16.3. The zero-order chi connectivity index (χ0) is 37.6. The molecule has 0 fully saturated rings. The van der Waals surface area contributed by atoms with Crippen LogP contribution in [0, 0.1) is 23.7 Å². The molecule has 0 saturated heterocycles. The SMILES string of the molecule is CC(C)C[C@H](NC(=O)[C@@H](NC(=O)[C@@H](N)CC(N)=O)C(C)C)C(=O)N[C@@H](C)C(=O)N[C@H](C(=O)N[C@@H](C)C(=O)N[C@H](C(=O)O)C(C)C)C(C)C. The molecule has 0 aliphatic heterocycles. The lowest BCUT2D eigenvalue weighted by atomic mass is 9.99. The molecule has 17 heteroatoms. The first-order chi connectivity index (χ1) is 22.0. The van der Waals surface area contributed by atoms with Crippen LogP contribution < -0.4 is 43.4 Å². The lowest BCUT2D eigenvalue weighted by Crippen LogP contribution is -2.60. The third kappa shape index (κ3) is 15.1. The monoisotopic (exact) mass is 684 g/mol. The number of carboxylic acid groups (broad SMARTS) is 1. The number of aliphatic carboxylic acids is 1. The van der Waals surface area contributed by atoms with Gasteiger partial charge < -0.3 is 48.5 Å². The zero-order valence-corrected chi connectivity index (χ0v) is 29.6. The minimum absolute atomic E-state index is 0.0687. The molecule has 11 N–H and O–H groups in total. The van der Waals surface area contributed by atoms with Gasteiger partial charge in [0.25, 0.3) is 0 Å². The second kappa shape index (κ2) is 20.2. The molecule has 0 unspecified atom stereocenters. The van der Waals surface area contributed by atoms with Crippen LogP contribution in [-0.4, -0.2) is 94.7 Å². The summed E-state index contributed by atoms with van der Waals surface area (Å²) in [7, 11) is 0. The molecule has 0 rings (SSSR count). The van der Waals surface area contributed by atoms with Crippen LogP contribution in [0.4, 0.5) is 0 Å². The van der Waals surface area contributed by atoms with Gasteiger partial charge in [-0.05, 0) is 43.9 Å². The highest BCUT2D eigenvalue weighted by atomic mass is 16.4. The van der Waals surface area contributed by atoms with Gasteiger partial charge in [0, 0.05) is 0 Å². The third-order valence-electron chi connectivity index (χ3n) is 7.33. The normalized spacial score (nSPS) is 15.7. The largest absolute Gasteiger partial charge is 0.480 e. The lowest BCUT2D eigenvalue weighted by molar-refractivity contribution is -0.143. The fourth-order valence-electron chi connectivity index (χ4n) is 4.42. The molecule has 0 aromatic rings. The number of hydrogen-bond donors (Lipinski definition) is 9. The van der Waals surface area contributed by atoms with Crippen LogP contribution in [0.1, 0.15) is 82.1 Å². The van der Waals surface area contributed by atoms with Crippen LogP contribution in [0.5, 0.6) is 0 Å². The number of rotatable bonds is 20. The molecule has 0 aliphatic carbocycles. The van der Waals surface area contributed by atoms with Gasteiger partial charge in [-0.3, -0.25) is 33.6 Å². The second-order valence-electron chi connectivity index (χ2n) is 13.5. The molecule has 0 radical (unpaired) electrons. The highest BCUT2D eigenvalue weighted by Gasteiger charge is 2.34. The Morgan fingerprint density at radius 2 is 0.896 bits per heavy atom. The molecule has 274 valence electrons. The summed E-state index contributed by atoms with van der Waals surface area (Å²) >= 11 is 0. The molecule has 0 aliphatic rings. The minimum Gasteiger partial charge on any atom is -0.480 e. The van der Waals surface area contributed by atoms with E-state index in [0.717, 1.165) is 0 Å². The first-order valence-electron chi connectivity index (χ1n) is 16.1. The van der Waals surface area contributed by atoms with Crippen LogP contribution in [0.2, 0.25) is 0 Å². The van der Waals surface area contributed by atoms with Crippen molar-refractivity contribution >= 4 is 47.3 Å². The standard InChI is InChI=1S/C31H56N8O9/c1-13(2)11-20(36-30(46)23(15(5)6)38-27(43)19(32)12-21(33)40)28(44)34-17(9)25(41)37-22(14(3)4)29(45)35-18(10)26(42)39-24(16(7)8)31(47)48/h13-20,22-24H,11-12,32H2,1-10H3,(H2,33,40)(H,34,44)(H,35,45)(H,36,46)(H,37,41)(H,38,43)(H,39,42)(H,47,48)/t17-,18-,19-,20-,22-,23-,24-/m0/s1. The predicted octanol–water partition coefficient (Wildman–Crippen LogP) is -1.76. The molecule has 7 amide bonds. The van der Waals surface area contributed by atoms with Crippen LogP contribution in [0.25, 0.3) is 0 Å². The van der Waals surface area contributed by atoms with Gasteiger partial charge in [0.05, 0.1) is 12.5 Å². The topological polar surface area (TPSA) is 281 Å². The van der Waals surface area contributed by atoms with Gasteiger partial charge in [0.15, 0.2) is 0 Å². The predicted molar refractivity (Wildman–Crippen MR) is 176 cm³/mol. The van der Waals surface area contributed by atoms with Gasteiger partial charge in [-0.25, -0.2) is 4.79 Å². The molecule has 0 heterocycles. The van der Waals surface area contributed by atoms with Crippen LogP contribution in [-0.2, 0) is 38.4 Å². The van der Waals surface area contributed by atoms with Crippen LogP contribution >= 0.6 is 0 Å². The molecule has 7 atom stereocenters. The van der Waals surface area contributed by atoms with E-state index in [0.29, 0.717) is 0 Å². The zero-order valence-electron chi connectivity index (χ0n) is 29.6. The lowest BCUT2D eigenvalue weighted by Gasteiger charge is -2.28. The number of carbonyl (C=O) groups excluding carboxylic acids is 7. The summed E-state index contributed by atoms with van der Waals surface area (Å²) in [4.78, 5) is 100. The van der Waals surface area contributed by atoms with E-state index in [-0.39, 0.29) is 12.3 Å². The van der Waals surface area contributed by atoms with Gasteiger partial charge in [0.1, 0.15) is 36.3 Å². The van der Waals surface area contributed by atoms with Crippen molar-refractivity contribution in [2.45, 2.75) is 124 Å². The Morgan fingerprint density at radius 1 is 0.521 bits per heavy atom. The van der Waals surface area contributed by atoms with Crippen molar-refractivity contribution in [1.29, 1.82) is 0 Å². The number of amides is 7. The Kier molecular flexibility index (Phi) is 18.4. The van der Waals surface area contributed by atoms with Crippen LogP contribution in [0.15, 0.2) is 0 Å². The number of hydrogen-bond acceptors (Lipinski definition) is 9. The number of carboxylic acids is 1. The maximum atomic E-state index is 13.3. The van der Waals surface area contributed by atoms with Crippen molar-refractivity contribution in [2.75, 3.05) is 0 Å². The summed E-state index contributed by atoms with van der Waals surface area (Å²) in [6, 6.07) is -8.02. The smallest absolute Gasteiger partial charge is 0.326 e. The van der Waals surface area contributed by atoms with Gasteiger partial charge >= 0.3 is 5.97 Å². The molecular formula is C31H56N8O9. The molecule has 17 nitrogen and oxygen atoms in total. The maximum absolute atomic E-state index is 13.3. The van der Waals surface area contributed by atoms with Crippen LogP contribution in [0.3, 0.4) is 0 Å². The molecule has 0 saturated carbocycles. The average Bonchev–Trinajstić information content (AvgIpc) is 2.94. The van der Waals surface area contributed by atoms with E-state index in [4.69, 9.17) is 11.5 Å². The third-order valence-corrected chi connectivity index (χ3v) is 7.33. The number of carbonyl (C=O) groups is 8. The molecule has 0 spiro atoms. The van der Waals surface area contributed by atoms with E-state index in [2.05, 4.69) is 31.9 Å². The van der Waals surface area contributed by atoms with Crippen molar-refractivity contribution in [1.82, 2.24) is 31.9 Å². The molecular weight excluding hydrogens is 628 g/mol. The Balaban J connectivity index is 5.62. The summed E-state index contributed by atoms with van der Waals surface area (Å²) < 4.78 is 0. The first-order valence-corrected chi connectivity index (χ1v) is 16.1. The van der Waals surface area contributed by atoms with E-state index < -0.39 is 114 Å². The fraction of sp³-hybridized carbons (Fsp3) is 0.742. The fourth-order valence-corrected chi connectivity index (χ4v) is 4.42. The number of nitrogens with two attached hydrogens (primary N) is 2. The Bertz CT molecular complexity index is 1170. The summed E-state index contributed by atoms with van der Waals surface area (Å²) in [5.74, 6) is -7.61. The minimum atomic E-state index is -1.27. The van der Waals surface area contributed by atoms with E-state index in [1.165, 1.54) is 13.8 Å². The van der Waals surface area contributed by atoms with Crippen molar-refractivity contribution in [3.8, 4) is 0 Å². The quantitative estimate of drug-likeness (QED) is 0.0696. The van der Waals surface area contributed by atoms with Crippen molar-refractivity contribution in [2.24, 2.45) is 35.1 Å². The Hall–Kier alpha value is -4.28. The molecule has 0 bridgehead atoms. The second-order valence-corrected chi connectivity index (χ2v) is 13.5. The van der Waals surface area contributed by atoms with E-state index in [1.54, 1.807) is 41.5 Å². The van der Waals surface area contributed by atoms with E-state index in [9.17, 15) is 43.5 Å². The number of primary amides is 1. The average molecular weight is 685 g/mol. The van der Waals surface area contributed by atoms with Gasteiger partial charge in [0.2, 0.25) is 41.4 Å². The molecule has 0 aromatic carbocycles. The van der Waals surface area contributed by atoms with E-state index >= 15 is 0 Å². The highest BCUT2D eigenvalue weighted by Crippen LogP contribution is 2.10. The Labute approximate surface area is 282 Å². The molecule has 0 aromatic heterocycles. The molecule has 48 heavy (non-hydrogen) atoms. The number of nitrogens with one attached hydrogen (secondary N) is 6. The van der Waals surface area contributed by atoms with Gasteiger partial charge in [-0.1, -0.05) is 55.4 Å². The van der Waals surface area contributed by atoms with Crippen molar-refractivity contribution in [3.05, 3.63) is 0 Å². The summed E-state index contributed by atoms with van der Waals surface area (Å²) in [6.07, 6.45) is -0.238. The Morgan fingerprint density at radius 3 is 1.27 bits per heavy atom. The first kappa shape index (κ1) is 43.7. The highest BCUT2D eigenvalue weighted by molar-refractivity contribution is 5.97. The maximum Gasteiger partial charge on any atom is 0.326 e. The van der Waals surface area contributed by atoms with Gasteiger partial charge in [-0.2, -0.15) is 0 Å². The van der Waals surface area contributed by atoms with Crippen molar-refractivity contribution in [3.63, 3.8) is 0 Å². The van der Waals surface area contributed by atoms with Crippen molar-refractivity contribution < 1.29 is 43.5 Å². The summed E-state index contributed by atoms with van der Waals surface area (Å²) in [5, 5.41) is 24.4.